The summed E-state index contributed by atoms with van der Waals surface area (Å²) in [4.78, 5) is 41.5. The molecule has 1 aromatic rings. The highest BCUT2D eigenvalue weighted by Gasteiger charge is 2.27. The van der Waals surface area contributed by atoms with Crippen LogP contribution in [0.1, 0.15) is 26.7 Å². The van der Waals surface area contributed by atoms with Gasteiger partial charge < -0.3 is 20.0 Å². The van der Waals surface area contributed by atoms with Crippen LogP contribution in [0.25, 0.3) is 0 Å². The predicted octanol–water partition coefficient (Wildman–Crippen LogP) is 1.55. The average Bonchev–Trinajstić information content (AvgIpc) is 2.68. The van der Waals surface area contributed by atoms with Gasteiger partial charge in [0.1, 0.15) is 0 Å². The maximum atomic E-state index is 12.3. The van der Waals surface area contributed by atoms with Gasteiger partial charge in [-0.15, -0.1) is 0 Å². The second kappa shape index (κ2) is 8.41. The number of amides is 3. The second-order valence-corrected chi connectivity index (χ2v) is 7.47. The number of carbonyl (C=O) groups excluding carboxylic acids is 3. The fourth-order valence-corrected chi connectivity index (χ4v) is 3.57. The number of piperidine rings is 1. The Hall–Kier alpha value is -2.57. The van der Waals surface area contributed by atoms with Gasteiger partial charge in [0.05, 0.1) is 0 Å². The Balaban J connectivity index is 1.52. The minimum absolute atomic E-state index is 0.00481. The van der Waals surface area contributed by atoms with E-state index in [0.29, 0.717) is 31.9 Å². The zero-order valence-corrected chi connectivity index (χ0v) is 16.1. The van der Waals surface area contributed by atoms with Crippen LogP contribution < -0.4 is 10.2 Å². The Kier molecular flexibility index (Phi) is 5.98. The first-order chi connectivity index (χ1) is 12.9. The molecule has 0 aromatic heterocycles. The number of hydrogen-bond acceptors (Lipinski definition) is 4. The molecule has 3 rings (SSSR count). The molecule has 2 saturated heterocycles. The summed E-state index contributed by atoms with van der Waals surface area (Å²) >= 11 is 0. The lowest BCUT2D eigenvalue weighted by molar-refractivity contribution is -0.145. The minimum atomic E-state index is -0.633. The van der Waals surface area contributed by atoms with Crippen LogP contribution in [0.5, 0.6) is 0 Å². The predicted molar refractivity (Wildman–Crippen MR) is 105 cm³/mol. The molecule has 1 N–H and O–H groups in total. The maximum absolute atomic E-state index is 12.3. The van der Waals surface area contributed by atoms with E-state index in [2.05, 4.69) is 17.1 Å². The normalized spacial score (nSPS) is 18.4. The quantitative estimate of drug-likeness (QED) is 0.800. The van der Waals surface area contributed by atoms with E-state index in [1.165, 1.54) is 24.7 Å². The third kappa shape index (κ3) is 4.78. The summed E-state index contributed by atoms with van der Waals surface area (Å²) in [5.74, 6) is -0.406. The summed E-state index contributed by atoms with van der Waals surface area (Å²) in [6, 6.07) is 7.65. The van der Waals surface area contributed by atoms with Crippen LogP contribution in [-0.4, -0.2) is 66.8 Å². The topological polar surface area (TPSA) is 73.0 Å². The molecular weight excluding hydrogens is 344 g/mol. The molecule has 27 heavy (non-hydrogen) atoms. The van der Waals surface area contributed by atoms with Crippen LogP contribution >= 0.6 is 0 Å². The van der Waals surface area contributed by atoms with Crippen molar-refractivity contribution in [3.8, 4) is 0 Å². The van der Waals surface area contributed by atoms with Gasteiger partial charge in [0.15, 0.2) is 0 Å². The number of anilines is 2. The molecule has 0 bridgehead atoms. The molecule has 1 aromatic carbocycles. The number of nitrogens with zero attached hydrogens (tertiary/aromatic N) is 3. The third-order valence-corrected chi connectivity index (χ3v) is 5.48. The first kappa shape index (κ1) is 19.2. The lowest BCUT2D eigenvalue weighted by Gasteiger charge is -2.33. The Bertz CT molecular complexity index is 688. The van der Waals surface area contributed by atoms with Crippen LogP contribution in [0.3, 0.4) is 0 Å². The average molecular weight is 372 g/mol. The number of carbonyl (C=O) groups is 3. The lowest BCUT2D eigenvalue weighted by Crippen LogP contribution is -2.52. The van der Waals surface area contributed by atoms with Gasteiger partial charge in [-0.2, -0.15) is 0 Å². The van der Waals surface area contributed by atoms with Crippen molar-refractivity contribution in [3.63, 3.8) is 0 Å². The summed E-state index contributed by atoms with van der Waals surface area (Å²) in [6.45, 7) is 7.62. The molecule has 146 valence electrons. The minimum Gasteiger partial charge on any atom is -0.372 e. The summed E-state index contributed by atoms with van der Waals surface area (Å²) < 4.78 is 0. The summed E-state index contributed by atoms with van der Waals surface area (Å²) in [5, 5.41) is 2.68. The molecule has 2 aliphatic rings. The molecule has 7 heteroatoms. The van der Waals surface area contributed by atoms with Crippen molar-refractivity contribution in [2.45, 2.75) is 26.7 Å². The lowest BCUT2D eigenvalue weighted by atomic mass is 9.99. The van der Waals surface area contributed by atoms with Crippen LogP contribution in [0.4, 0.5) is 11.4 Å². The maximum Gasteiger partial charge on any atom is 0.313 e. The summed E-state index contributed by atoms with van der Waals surface area (Å²) in [5.41, 5.74) is 1.76. The molecular formula is C20H28N4O3. The highest BCUT2D eigenvalue weighted by Crippen LogP contribution is 2.24. The monoisotopic (exact) mass is 372 g/mol. The van der Waals surface area contributed by atoms with E-state index in [-0.39, 0.29) is 5.91 Å². The second-order valence-electron chi connectivity index (χ2n) is 7.47. The molecule has 0 saturated carbocycles. The van der Waals surface area contributed by atoms with Crippen molar-refractivity contribution in [2.75, 3.05) is 49.5 Å². The van der Waals surface area contributed by atoms with Gasteiger partial charge in [-0.25, -0.2) is 0 Å². The first-order valence-corrected chi connectivity index (χ1v) is 9.65. The van der Waals surface area contributed by atoms with Gasteiger partial charge in [0.2, 0.25) is 5.91 Å². The van der Waals surface area contributed by atoms with E-state index in [9.17, 15) is 14.4 Å². The van der Waals surface area contributed by atoms with Crippen molar-refractivity contribution in [1.82, 2.24) is 9.80 Å². The Morgan fingerprint density at radius 1 is 0.889 bits per heavy atom. The highest BCUT2D eigenvalue weighted by atomic mass is 16.2. The van der Waals surface area contributed by atoms with Gasteiger partial charge in [0, 0.05) is 57.6 Å². The van der Waals surface area contributed by atoms with E-state index in [4.69, 9.17) is 0 Å². The summed E-state index contributed by atoms with van der Waals surface area (Å²) in [6.07, 6.45) is 2.40. The SMILES string of the molecule is CC(=O)N1CCN(C(=O)C(=O)Nc2ccc(N3CCC(C)CC3)cc2)CC1. The molecule has 0 radical (unpaired) electrons. The molecule has 2 fully saturated rings. The standard InChI is InChI=1S/C20H28N4O3/c1-15-7-9-23(10-8-15)18-5-3-17(4-6-18)21-19(26)20(27)24-13-11-22(12-14-24)16(2)25/h3-6,15H,7-14H2,1-2H3,(H,21,26). The number of nitrogens with one attached hydrogen (secondary N) is 1. The van der Waals surface area contributed by atoms with Gasteiger partial charge in [0.25, 0.3) is 0 Å². The van der Waals surface area contributed by atoms with Crippen molar-refractivity contribution < 1.29 is 14.4 Å². The molecule has 7 nitrogen and oxygen atoms in total. The van der Waals surface area contributed by atoms with Crippen molar-refractivity contribution in [3.05, 3.63) is 24.3 Å². The Labute approximate surface area is 160 Å². The smallest absolute Gasteiger partial charge is 0.313 e. The Morgan fingerprint density at radius 2 is 1.44 bits per heavy atom. The third-order valence-electron chi connectivity index (χ3n) is 5.48. The summed E-state index contributed by atoms with van der Waals surface area (Å²) in [7, 11) is 0. The molecule has 0 spiro atoms. The van der Waals surface area contributed by atoms with E-state index < -0.39 is 11.8 Å². The van der Waals surface area contributed by atoms with Crippen LogP contribution in [0, 0.1) is 5.92 Å². The van der Waals surface area contributed by atoms with Gasteiger partial charge >= 0.3 is 11.8 Å². The fraction of sp³-hybridized carbons (Fsp3) is 0.550. The number of piperazine rings is 1. The number of rotatable bonds is 2. The number of benzene rings is 1. The van der Waals surface area contributed by atoms with Crippen LogP contribution in [0.2, 0.25) is 0 Å². The van der Waals surface area contributed by atoms with E-state index >= 15 is 0 Å². The van der Waals surface area contributed by atoms with E-state index in [0.717, 1.165) is 24.7 Å². The molecule has 2 heterocycles. The fourth-order valence-electron chi connectivity index (χ4n) is 3.57. The molecule has 3 amide bonds. The molecule has 2 aliphatic heterocycles. The zero-order chi connectivity index (χ0) is 19.4. The van der Waals surface area contributed by atoms with Crippen molar-refractivity contribution >= 4 is 29.1 Å². The van der Waals surface area contributed by atoms with E-state index in [1.54, 1.807) is 4.90 Å². The van der Waals surface area contributed by atoms with Crippen LogP contribution in [-0.2, 0) is 14.4 Å². The largest absolute Gasteiger partial charge is 0.372 e. The van der Waals surface area contributed by atoms with E-state index in [1.807, 2.05) is 24.3 Å². The highest BCUT2D eigenvalue weighted by molar-refractivity contribution is 6.39. The van der Waals surface area contributed by atoms with Gasteiger partial charge in [-0.3, -0.25) is 14.4 Å². The van der Waals surface area contributed by atoms with Crippen molar-refractivity contribution in [2.24, 2.45) is 5.92 Å². The van der Waals surface area contributed by atoms with Gasteiger partial charge in [-0.1, -0.05) is 6.92 Å². The zero-order valence-electron chi connectivity index (χ0n) is 16.1. The van der Waals surface area contributed by atoms with Crippen molar-refractivity contribution in [1.29, 1.82) is 0 Å². The van der Waals surface area contributed by atoms with Crippen LogP contribution in [0.15, 0.2) is 24.3 Å². The first-order valence-electron chi connectivity index (χ1n) is 9.65. The van der Waals surface area contributed by atoms with Gasteiger partial charge in [-0.05, 0) is 43.0 Å². The Morgan fingerprint density at radius 3 is 2.00 bits per heavy atom. The molecule has 0 atom stereocenters. The number of hydrogen-bond donors (Lipinski definition) is 1. The molecule has 0 unspecified atom stereocenters. The molecule has 0 aliphatic carbocycles.